The van der Waals surface area contributed by atoms with Crippen molar-refractivity contribution in [2.45, 2.75) is 13.5 Å². The van der Waals surface area contributed by atoms with E-state index in [0.717, 1.165) is 21.1 Å². The van der Waals surface area contributed by atoms with E-state index in [1.54, 1.807) is 12.1 Å². The number of carbonyl (C=O) groups excluding carboxylic acids is 1. The molecule has 0 aliphatic heterocycles. The van der Waals surface area contributed by atoms with E-state index in [1.165, 1.54) is 5.56 Å². The maximum Gasteiger partial charge on any atom is 0.230 e. The number of hydrogen-bond donors (Lipinski definition) is 1. The summed E-state index contributed by atoms with van der Waals surface area (Å²) in [5, 5.41) is 4.32. The van der Waals surface area contributed by atoms with E-state index in [-0.39, 0.29) is 5.78 Å². The van der Waals surface area contributed by atoms with Crippen LogP contribution in [-0.2, 0) is 6.54 Å². The van der Waals surface area contributed by atoms with E-state index in [0.29, 0.717) is 23.5 Å². The average molecular weight is 420 g/mol. The van der Waals surface area contributed by atoms with Crippen molar-refractivity contribution < 1.29 is 9.21 Å². The summed E-state index contributed by atoms with van der Waals surface area (Å²) in [5.74, 6) is 0.204. The molecule has 0 saturated heterocycles. The Morgan fingerprint density at radius 3 is 2.41 bits per heavy atom. The van der Waals surface area contributed by atoms with Gasteiger partial charge in [-0.05, 0) is 48.9 Å². The zero-order valence-corrected chi connectivity index (χ0v) is 16.4. The molecule has 1 heterocycles. The number of hydrogen-bond acceptors (Lipinski definition) is 3. The maximum atomic E-state index is 13.1. The molecule has 0 aliphatic carbocycles. The van der Waals surface area contributed by atoms with Gasteiger partial charge in [0.1, 0.15) is 5.58 Å². The smallest absolute Gasteiger partial charge is 0.230 e. The van der Waals surface area contributed by atoms with Crippen molar-refractivity contribution >= 4 is 38.4 Å². The molecular formula is C23H18BrNO2. The van der Waals surface area contributed by atoms with Gasteiger partial charge in [-0.15, -0.1) is 0 Å². The first kappa shape index (κ1) is 17.6. The fraction of sp³-hybridized carbons (Fsp3) is 0.0870. The number of halogens is 1. The molecule has 27 heavy (non-hydrogen) atoms. The lowest BCUT2D eigenvalue weighted by molar-refractivity contribution is 0.101. The molecule has 3 nitrogen and oxygen atoms in total. The number of ketones is 1. The topological polar surface area (TPSA) is 42.2 Å². The first-order chi connectivity index (χ1) is 13.1. The summed E-state index contributed by atoms with van der Waals surface area (Å²) in [6, 6.07) is 23.3. The molecule has 0 radical (unpaired) electrons. The van der Waals surface area contributed by atoms with Gasteiger partial charge in [0.2, 0.25) is 5.78 Å². The molecule has 0 amide bonds. The fourth-order valence-electron chi connectivity index (χ4n) is 3.01. The molecule has 0 unspecified atom stereocenters. The quantitative estimate of drug-likeness (QED) is 0.383. The summed E-state index contributed by atoms with van der Waals surface area (Å²) in [7, 11) is 0. The van der Waals surface area contributed by atoms with Crippen molar-refractivity contribution in [3.63, 3.8) is 0 Å². The van der Waals surface area contributed by atoms with Crippen LogP contribution < -0.4 is 5.32 Å². The van der Waals surface area contributed by atoms with Gasteiger partial charge < -0.3 is 9.73 Å². The highest BCUT2D eigenvalue weighted by molar-refractivity contribution is 9.10. The second kappa shape index (κ2) is 7.41. The van der Waals surface area contributed by atoms with Crippen LogP contribution in [0.5, 0.6) is 0 Å². The third kappa shape index (κ3) is 3.67. The number of para-hydroxylation sites is 1. The van der Waals surface area contributed by atoms with Gasteiger partial charge in [-0.1, -0.05) is 57.9 Å². The van der Waals surface area contributed by atoms with E-state index in [4.69, 9.17) is 4.42 Å². The van der Waals surface area contributed by atoms with Crippen molar-refractivity contribution in [3.05, 3.63) is 99.7 Å². The van der Waals surface area contributed by atoms with Crippen molar-refractivity contribution in [2.24, 2.45) is 0 Å². The molecule has 0 saturated carbocycles. The van der Waals surface area contributed by atoms with E-state index in [2.05, 4.69) is 52.4 Å². The normalized spacial score (nSPS) is 10.9. The first-order valence-corrected chi connectivity index (χ1v) is 9.52. The Kier molecular flexibility index (Phi) is 4.82. The van der Waals surface area contributed by atoms with Gasteiger partial charge in [0, 0.05) is 22.0 Å². The van der Waals surface area contributed by atoms with E-state index in [9.17, 15) is 4.79 Å². The van der Waals surface area contributed by atoms with Crippen molar-refractivity contribution in [1.29, 1.82) is 0 Å². The molecule has 1 aromatic heterocycles. The van der Waals surface area contributed by atoms with Gasteiger partial charge >= 0.3 is 0 Å². The van der Waals surface area contributed by atoms with Gasteiger partial charge in [-0.3, -0.25) is 4.79 Å². The maximum absolute atomic E-state index is 13.1. The molecule has 4 heteroatoms. The lowest BCUT2D eigenvalue weighted by Gasteiger charge is -2.08. The van der Waals surface area contributed by atoms with Crippen LogP contribution in [0.3, 0.4) is 0 Å². The van der Waals surface area contributed by atoms with Crippen LogP contribution in [0.1, 0.15) is 27.2 Å². The summed E-state index contributed by atoms with van der Waals surface area (Å²) in [4.78, 5) is 13.1. The van der Waals surface area contributed by atoms with Crippen LogP contribution in [0.4, 0.5) is 5.69 Å². The summed E-state index contributed by atoms with van der Waals surface area (Å²) in [6.45, 7) is 2.68. The molecule has 0 aliphatic rings. The predicted octanol–water partition coefficient (Wildman–Crippen LogP) is 6.35. The first-order valence-electron chi connectivity index (χ1n) is 8.73. The molecular weight excluding hydrogens is 402 g/mol. The Bertz CT molecular complexity index is 1100. The minimum absolute atomic E-state index is 0.134. The zero-order valence-electron chi connectivity index (χ0n) is 14.8. The van der Waals surface area contributed by atoms with Gasteiger partial charge in [-0.2, -0.15) is 0 Å². The highest BCUT2D eigenvalue weighted by atomic mass is 79.9. The minimum Gasteiger partial charge on any atom is -0.450 e. The summed E-state index contributed by atoms with van der Waals surface area (Å²) in [6.07, 6.45) is 0. The molecule has 4 aromatic rings. The Hall–Kier alpha value is -2.85. The molecule has 1 N–H and O–H groups in total. The molecule has 134 valence electrons. The summed E-state index contributed by atoms with van der Waals surface area (Å²) < 4.78 is 6.86. The Morgan fingerprint density at radius 1 is 0.963 bits per heavy atom. The monoisotopic (exact) mass is 419 g/mol. The lowest BCUT2D eigenvalue weighted by atomic mass is 10.1. The number of carbonyl (C=O) groups is 1. The number of benzene rings is 3. The van der Waals surface area contributed by atoms with Crippen molar-refractivity contribution in [2.75, 3.05) is 5.32 Å². The largest absolute Gasteiger partial charge is 0.450 e. The minimum atomic E-state index is -0.134. The second-order valence-corrected chi connectivity index (χ2v) is 7.39. The van der Waals surface area contributed by atoms with Crippen LogP contribution in [0.15, 0.2) is 81.7 Å². The Labute approximate surface area is 166 Å². The van der Waals surface area contributed by atoms with Crippen molar-refractivity contribution in [3.8, 4) is 0 Å². The van der Waals surface area contributed by atoms with Crippen LogP contribution in [0, 0.1) is 6.92 Å². The van der Waals surface area contributed by atoms with Crippen LogP contribution in [0.25, 0.3) is 11.0 Å². The average Bonchev–Trinajstić information content (AvgIpc) is 3.06. The summed E-state index contributed by atoms with van der Waals surface area (Å²) in [5.41, 5.74) is 4.39. The third-order valence-electron chi connectivity index (χ3n) is 4.50. The molecule has 4 rings (SSSR count). The molecule has 0 fully saturated rings. The molecule has 0 bridgehead atoms. The van der Waals surface area contributed by atoms with Gasteiger partial charge in [-0.25, -0.2) is 0 Å². The summed E-state index contributed by atoms with van der Waals surface area (Å²) >= 11 is 3.40. The number of fused-ring (bicyclic) bond motifs is 1. The van der Waals surface area contributed by atoms with Crippen LogP contribution >= 0.6 is 15.9 Å². The zero-order chi connectivity index (χ0) is 18.8. The highest BCUT2D eigenvalue weighted by Crippen LogP contribution is 2.33. The van der Waals surface area contributed by atoms with Gasteiger partial charge in [0.15, 0.2) is 5.76 Å². The lowest BCUT2D eigenvalue weighted by Crippen LogP contribution is -2.06. The second-order valence-electron chi connectivity index (χ2n) is 6.48. The molecule has 0 atom stereocenters. The third-order valence-corrected chi connectivity index (χ3v) is 5.03. The number of rotatable bonds is 5. The van der Waals surface area contributed by atoms with E-state index in [1.807, 2.05) is 36.4 Å². The Morgan fingerprint density at radius 2 is 1.67 bits per heavy atom. The standard InChI is InChI=1S/C23H18BrNO2/c1-15-6-8-16(9-7-15)14-25-21-19-4-2-3-5-20(19)27-23(21)22(26)17-10-12-18(24)13-11-17/h2-13,25H,14H2,1H3. The number of anilines is 1. The van der Waals surface area contributed by atoms with Crippen molar-refractivity contribution in [1.82, 2.24) is 0 Å². The predicted molar refractivity (Wildman–Crippen MR) is 112 cm³/mol. The van der Waals surface area contributed by atoms with Crippen LogP contribution in [0.2, 0.25) is 0 Å². The fourth-order valence-corrected chi connectivity index (χ4v) is 3.27. The van der Waals surface area contributed by atoms with E-state index >= 15 is 0 Å². The highest BCUT2D eigenvalue weighted by Gasteiger charge is 2.21. The van der Waals surface area contributed by atoms with Crippen LogP contribution in [-0.4, -0.2) is 5.78 Å². The molecule has 0 spiro atoms. The van der Waals surface area contributed by atoms with E-state index < -0.39 is 0 Å². The van der Waals surface area contributed by atoms with Gasteiger partial charge in [0.05, 0.1) is 5.69 Å². The number of nitrogens with one attached hydrogen (secondary N) is 1. The Balaban J connectivity index is 1.71. The molecule has 3 aromatic carbocycles. The number of aryl methyl sites for hydroxylation is 1. The number of furan rings is 1. The SMILES string of the molecule is Cc1ccc(CNc2c(C(=O)c3ccc(Br)cc3)oc3ccccc23)cc1. The van der Waals surface area contributed by atoms with Gasteiger partial charge in [0.25, 0.3) is 0 Å².